The van der Waals surface area contributed by atoms with Crippen molar-refractivity contribution in [2.45, 2.75) is 45.6 Å². The molecule has 0 radical (unpaired) electrons. The lowest BCUT2D eigenvalue weighted by Gasteiger charge is -2.33. The number of hydrogen-bond acceptors (Lipinski definition) is 5. The Morgan fingerprint density at radius 1 is 1.28 bits per heavy atom. The summed E-state index contributed by atoms with van der Waals surface area (Å²) in [7, 11) is 0. The smallest absolute Gasteiger partial charge is 0.291 e. The van der Waals surface area contributed by atoms with Crippen molar-refractivity contribution in [1.29, 1.82) is 0 Å². The Labute approximate surface area is 177 Å². The molecule has 0 aliphatic carbocycles. The summed E-state index contributed by atoms with van der Waals surface area (Å²) in [6.45, 7) is 7.55. The van der Waals surface area contributed by atoms with Gasteiger partial charge in [0.2, 0.25) is 0 Å². The number of carbonyl (C=O) groups excluding carboxylic acids is 2. The first kappa shape index (κ1) is 21.7. The lowest BCUT2D eigenvalue weighted by molar-refractivity contribution is -0.116. The fraction of sp³-hybridized carbons (Fsp3) is 0.545. The maximum Gasteiger partial charge on any atom is 0.291 e. The third-order valence-corrected chi connectivity index (χ3v) is 6.25. The molecule has 1 aromatic rings. The highest BCUT2D eigenvalue weighted by Gasteiger charge is 2.18. The second-order valence-corrected chi connectivity index (χ2v) is 8.65. The van der Waals surface area contributed by atoms with Gasteiger partial charge in [0.15, 0.2) is 5.76 Å². The van der Waals surface area contributed by atoms with Gasteiger partial charge < -0.3 is 20.3 Å². The van der Waals surface area contributed by atoms with E-state index in [2.05, 4.69) is 22.5 Å². The van der Waals surface area contributed by atoms with Gasteiger partial charge in [0, 0.05) is 41.5 Å². The number of piperidine rings is 1. The van der Waals surface area contributed by atoms with Crippen molar-refractivity contribution in [2.75, 3.05) is 37.3 Å². The standard InChI is InChI=1S/C22H31N3O3S/c1-16-7-8-18(14-19(16)24-22(27)20-15-29-13-12-28-20)21(26)23-9-5-11-25-10-4-3-6-17(25)2/h7-8,14-15,17H,3-6,9-13H2,1-2H3,(H,23,26)(H,24,27)/t17-/m0/s1. The molecule has 0 saturated carbocycles. The van der Waals surface area contributed by atoms with E-state index in [-0.39, 0.29) is 11.8 Å². The molecule has 1 saturated heterocycles. The van der Waals surface area contributed by atoms with Gasteiger partial charge in [-0.2, -0.15) is 0 Å². The highest BCUT2D eigenvalue weighted by molar-refractivity contribution is 8.02. The molecule has 1 fully saturated rings. The van der Waals surface area contributed by atoms with E-state index in [4.69, 9.17) is 4.74 Å². The van der Waals surface area contributed by atoms with Crippen molar-refractivity contribution in [3.05, 3.63) is 40.5 Å². The van der Waals surface area contributed by atoms with Crippen LogP contribution in [0.3, 0.4) is 0 Å². The Balaban J connectivity index is 1.50. The fourth-order valence-electron chi connectivity index (χ4n) is 3.65. The normalized spacial score (nSPS) is 19.8. The second kappa shape index (κ2) is 10.7. The zero-order valence-corrected chi connectivity index (χ0v) is 18.1. The lowest BCUT2D eigenvalue weighted by atomic mass is 10.0. The van der Waals surface area contributed by atoms with Crippen LogP contribution >= 0.6 is 11.8 Å². The average Bonchev–Trinajstić information content (AvgIpc) is 2.74. The predicted molar refractivity (Wildman–Crippen MR) is 118 cm³/mol. The van der Waals surface area contributed by atoms with Crippen LogP contribution < -0.4 is 10.6 Å². The molecular formula is C22H31N3O3S. The minimum atomic E-state index is -0.284. The van der Waals surface area contributed by atoms with E-state index in [1.165, 1.54) is 19.3 Å². The molecule has 0 aromatic heterocycles. The molecule has 158 valence electrons. The largest absolute Gasteiger partial charge is 0.487 e. The van der Waals surface area contributed by atoms with Crippen LogP contribution in [0.5, 0.6) is 0 Å². The van der Waals surface area contributed by atoms with E-state index in [1.54, 1.807) is 29.3 Å². The Morgan fingerprint density at radius 3 is 2.90 bits per heavy atom. The third-order valence-electron chi connectivity index (χ3n) is 5.47. The topological polar surface area (TPSA) is 70.7 Å². The molecule has 2 aliphatic heterocycles. The number of likely N-dealkylation sites (tertiary alicyclic amines) is 1. The molecule has 2 aliphatic rings. The first-order chi connectivity index (χ1) is 14.0. The first-order valence-corrected chi connectivity index (χ1v) is 11.5. The van der Waals surface area contributed by atoms with Gasteiger partial charge in [-0.1, -0.05) is 12.5 Å². The fourth-order valence-corrected chi connectivity index (χ4v) is 4.27. The zero-order valence-electron chi connectivity index (χ0n) is 17.3. The molecule has 1 atom stereocenters. The summed E-state index contributed by atoms with van der Waals surface area (Å²) in [4.78, 5) is 27.4. The Kier molecular flexibility index (Phi) is 8.00. The van der Waals surface area contributed by atoms with Gasteiger partial charge >= 0.3 is 0 Å². The number of carbonyl (C=O) groups is 2. The zero-order chi connectivity index (χ0) is 20.6. The summed E-state index contributed by atoms with van der Waals surface area (Å²) in [6, 6.07) is 6.01. The summed E-state index contributed by atoms with van der Waals surface area (Å²) < 4.78 is 5.40. The summed E-state index contributed by atoms with van der Waals surface area (Å²) in [5.41, 5.74) is 2.08. The number of ether oxygens (including phenoxy) is 1. The molecule has 3 rings (SSSR count). The van der Waals surface area contributed by atoms with Crippen LogP contribution in [0.1, 0.15) is 48.5 Å². The van der Waals surface area contributed by atoms with E-state index < -0.39 is 0 Å². The molecule has 7 heteroatoms. The number of rotatable bonds is 7. The number of nitrogens with one attached hydrogen (secondary N) is 2. The summed E-state index contributed by atoms with van der Waals surface area (Å²) in [5.74, 6) is 0.772. The first-order valence-electron chi connectivity index (χ1n) is 10.4. The summed E-state index contributed by atoms with van der Waals surface area (Å²) in [5, 5.41) is 7.59. The van der Waals surface area contributed by atoms with Crippen LogP contribution in [0.2, 0.25) is 0 Å². The summed E-state index contributed by atoms with van der Waals surface area (Å²) in [6.07, 6.45) is 4.80. The van der Waals surface area contributed by atoms with E-state index >= 15 is 0 Å². The van der Waals surface area contributed by atoms with Crippen LogP contribution in [-0.4, -0.2) is 54.8 Å². The maximum absolute atomic E-state index is 12.5. The van der Waals surface area contributed by atoms with Gasteiger partial charge in [-0.25, -0.2) is 0 Å². The van der Waals surface area contributed by atoms with Crippen LogP contribution in [0.15, 0.2) is 29.4 Å². The number of nitrogens with zero attached hydrogens (tertiary/aromatic N) is 1. The van der Waals surface area contributed by atoms with Crippen molar-refractivity contribution in [3.63, 3.8) is 0 Å². The molecule has 0 bridgehead atoms. The number of anilines is 1. The van der Waals surface area contributed by atoms with Crippen molar-refractivity contribution in [3.8, 4) is 0 Å². The van der Waals surface area contributed by atoms with Crippen LogP contribution in [0.4, 0.5) is 5.69 Å². The van der Waals surface area contributed by atoms with Crippen molar-refractivity contribution < 1.29 is 14.3 Å². The van der Waals surface area contributed by atoms with Crippen LogP contribution in [-0.2, 0) is 9.53 Å². The molecular weight excluding hydrogens is 386 g/mol. The van der Waals surface area contributed by atoms with E-state index in [0.29, 0.717) is 36.2 Å². The van der Waals surface area contributed by atoms with Gasteiger partial charge in [-0.3, -0.25) is 9.59 Å². The Hall–Kier alpha value is -1.99. The molecule has 0 unspecified atom stereocenters. The van der Waals surface area contributed by atoms with Crippen molar-refractivity contribution in [2.24, 2.45) is 0 Å². The maximum atomic E-state index is 12.5. The van der Waals surface area contributed by atoms with Gasteiger partial charge in [0.05, 0.1) is 6.61 Å². The number of hydrogen-bond donors (Lipinski definition) is 2. The van der Waals surface area contributed by atoms with Gasteiger partial charge in [0.1, 0.15) is 0 Å². The molecule has 0 spiro atoms. The van der Waals surface area contributed by atoms with Crippen LogP contribution in [0.25, 0.3) is 0 Å². The van der Waals surface area contributed by atoms with Crippen molar-refractivity contribution in [1.82, 2.24) is 10.2 Å². The minimum absolute atomic E-state index is 0.115. The Morgan fingerprint density at radius 2 is 2.14 bits per heavy atom. The third kappa shape index (κ3) is 6.24. The number of benzene rings is 1. The van der Waals surface area contributed by atoms with Gasteiger partial charge in [0.25, 0.3) is 11.8 Å². The monoisotopic (exact) mass is 417 g/mol. The Bertz CT molecular complexity index is 766. The van der Waals surface area contributed by atoms with Gasteiger partial charge in [-0.15, -0.1) is 11.8 Å². The average molecular weight is 418 g/mol. The second-order valence-electron chi connectivity index (χ2n) is 7.68. The number of amides is 2. The molecule has 2 amide bonds. The number of thioether (sulfide) groups is 1. The summed E-state index contributed by atoms with van der Waals surface area (Å²) >= 11 is 1.56. The SMILES string of the molecule is Cc1ccc(C(=O)NCCCN2CCCC[C@@H]2C)cc1NC(=O)C1=CSCCO1. The van der Waals surface area contributed by atoms with E-state index in [9.17, 15) is 9.59 Å². The predicted octanol–water partition coefficient (Wildman–Crippen LogP) is 3.53. The lowest BCUT2D eigenvalue weighted by Crippen LogP contribution is -2.39. The molecule has 2 heterocycles. The van der Waals surface area contributed by atoms with Crippen molar-refractivity contribution >= 4 is 29.3 Å². The van der Waals surface area contributed by atoms with Gasteiger partial charge in [-0.05, 0) is 57.4 Å². The molecule has 2 N–H and O–H groups in total. The quantitative estimate of drug-likeness (QED) is 0.664. The van der Waals surface area contributed by atoms with Crippen LogP contribution in [0, 0.1) is 6.92 Å². The highest BCUT2D eigenvalue weighted by atomic mass is 32.2. The number of aryl methyl sites for hydroxylation is 1. The minimum Gasteiger partial charge on any atom is -0.487 e. The van der Waals surface area contributed by atoms with E-state index in [1.807, 2.05) is 13.0 Å². The molecule has 1 aromatic carbocycles. The van der Waals surface area contributed by atoms with E-state index in [0.717, 1.165) is 30.8 Å². The molecule has 6 nitrogen and oxygen atoms in total. The molecule has 29 heavy (non-hydrogen) atoms. The highest BCUT2D eigenvalue weighted by Crippen LogP contribution is 2.21.